The van der Waals surface area contributed by atoms with Crippen LogP contribution in [0.25, 0.3) is 0 Å². The number of aryl methyl sites for hydroxylation is 2. The van der Waals surface area contributed by atoms with E-state index in [-0.39, 0.29) is 5.92 Å². The SMILES string of the molecule is Cc1cc(C)cc(CC(C)(O)C(C)C)c1. The van der Waals surface area contributed by atoms with Gasteiger partial charge in [-0.05, 0) is 32.3 Å². The van der Waals surface area contributed by atoms with Gasteiger partial charge in [0, 0.05) is 6.42 Å². The van der Waals surface area contributed by atoms with E-state index < -0.39 is 5.60 Å². The summed E-state index contributed by atoms with van der Waals surface area (Å²) in [5.74, 6) is 0.276. The predicted octanol–water partition coefficient (Wildman–Crippen LogP) is 3.25. The lowest BCUT2D eigenvalue weighted by Gasteiger charge is -2.28. The standard InChI is InChI=1S/C14H22O/c1-10(2)14(5,15)9-13-7-11(3)6-12(4)8-13/h6-8,10,15H,9H2,1-5H3. The summed E-state index contributed by atoms with van der Waals surface area (Å²) < 4.78 is 0. The van der Waals surface area contributed by atoms with Crippen molar-refractivity contribution in [2.24, 2.45) is 5.92 Å². The second-order valence-corrected chi connectivity index (χ2v) is 5.18. The quantitative estimate of drug-likeness (QED) is 0.805. The Kier molecular flexibility index (Phi) is 3.56. The maximum atomic E-state index is 10.2. The van der Waals surface area contributed by atoms with Crippen LogP contribution in [0.2, 0.25) is 0 Å². The molecule has 84 valence electrons. The molecular formula is C14H22O. The summed E-state index contributed by atoms with van der Waals surface area (Å²) >= 11 is 0. The fourth-order valence-electron chi connectivity index (χ4n) is 1.79. The molecule has 0 saturated heterocycles. The molecule has 1 N–H and O–H groups in total. The van der Waals surface area contributed by atoms with Gasteiger partial charge in [0.25, 0.3) is 0 Å². The number of hydrogen-bond acceptors (Lipinski definition) is 1. The molecule has 1 unspecified atom stereocenters. The molecule has 0 spiro atoms. The summed E-state index contributed by atoms with van der Waals surface area (Å²) in [7, 11) is 0. The summed E-state index contributed by atoms with van der Waals surface area (Å²) in [5.41, 5.74) is 3.15. The minimum Gasteiger partial charge on any atom is -0.390 e. The monoisotopic (exact) mass is 206 g/mol. The van der Waals surface area contributed by atoms with E-state index in [1.807, 2.05) is 6.92 Å². The second kappa shape index (κ2) is 4.36. The average molecular weight is 206 g/mol. The highest BCUT2D eigenvalue weighted by molar-refractivity contribution is 5.29. The van der Waals surface area contributed by atoms with Crippen LogP contribution in [0.1, 0.15) is 37.5 Å². The summed E-state index contributed by atoms with van der Waals surface area (Å²) in [4.78, 5) is 0. The minimum absolute atomic E-state index is 0.276. The first-order chi connectivity index (χ1) is 6.81. The third-order valence-corrected chi connectivity index (χ3v) is 3.09. The lowest BCUT2D eigenvalue weighted by molar-refractivity contribution is 0.0139. The largest absolute Gasteiger partial charge is 0.390 e. The van der Waals surface area contributed by atoms with Gasteiger partial charge in [-0.2, -0.15) is 0 Å². The zero-order chi connectivity index (χ0) is 11.6. The van der Waals surface area contributed by atoms with Crippen molar-refractivity contribution < 1.29 is 5.11 Å². The van der Waals surface area contributed by atoms with Crippen LogP contribution in [0.4, 0.5) is 0 Å². The Bertz CT molecular complexity index is 317. The van der Waals surface area contributed by atoms with Crippen molar-refractivity contribution in [3.8, 4) is 0 Å². The van der Waals surface area contributed by atoms with Crippen LogP contribution in [0.5, 0.6) is 0 Å². The van der Waals surface area contributed by atoms with E-state index in [4.69, 9.17) is 0 Å². The van der Waals surface area contributed by atoms with Crippen LogP contribution >= 0.6 is 0 Å². The Hall–Kier alpha value is -0.820. The molecule has 0 radical (unpaired) electrons. The van der Waals surface area contributed by atoms with Crippen molar-refractivity contribution in [2.45, 2.75) is 46.6 Å². The molecule has 0 heterocycles. The zero-order valence-electron chi connectivity index (χ0n) is 10.5. The van der Waals surface area contributed by atoms with E-state index in [9.17, 15) is 5.11 Å². The molecule has 1 aromatic carbocycles. The molecule has 0 aliphatic heterocycles. The molecule has 0 bridgehead atoms. The molecule has 1 rings (SSSR count). The molecule has 1 atom stereocenters. The van der Waals surface area contributed by atoms with Gasteiger partial charge in [0.2, 0.25) is 0 Å². The molecule has 0 fully saturated rings. The predicted molar refractivity (Wildman–Crippen MR) is 65.1 cm³/mol. The Morgan fingerprint density at radius 1 is 1.13 bits per heavy atom. The normalized spacial score (nSPS) is 15.4. The Balaban J connectivity index is 2.89. The number of hydrogen-bond donors (Lipinski definition) is 1. The van der Waals surface area contributed by atoms with Crippen LogP contribution in [0.15, 0.2) is 18.2 Å². The first kappa shape index (κ1) is 12.3. The van der Waals surface area contributed by atoms with Crippen molar-refractivity contribution >= 4 is 0 Å². The van der Waals surface area contributed by atoms with E-state index >= 15 is 0 Å². The third kappa shape index (κ3) is 3.35. The van der Waals surface area contributed by atoms with Crippen LogP contribution in [-0.2, 0) is 6.42 Å². The van der Waals surface area contributed by atoms with E-state index in [2.05, 4.69) is 45.9 Å². The van der Waals surface area contributed by atoms with Gasteiger partial charge in [0.15, 0.2) is 0 Å². The lowest BCUT2D eigenvalue weighted by atomic mass is 9.85. The second-order valence-electron chi connectivity index (χ2n) is 5.18. The molecular weight excluding hydrogens is 184 g/mol. The highest BCUT2D eigenvalue weighted by Crippen LogP contribution is 2.22. The van der Waals surface area contributed by atoms with E-state index in [0.29, 0.717) is 0 Å². The number of rotatable bonds is 3. The maximum Gasteiger partial charge on any atom is 0.0682 e. The fourth-order valence-corrected chi connectivity index (χ4v) is 1.79. The smallest absolute Gasteiger partial charge is 0.0682 e. The minimum atomic E-state index is -0.611. The van der Waals surface area contributed by atoms with Gasteiger partial charge < -0.3 is 5.11 Å². The zero-order valence-corrected chi connectivity index (χ0v) is 10.5. The number of benzene rings is 1. The van der Waals surface area contributed by atoms with Crippen molar-refractivity contribution in [2.75, 3.05) is 0 Å². The van der Waals surface area contributed by atoms with Crippen LogP contribution in [0, 0.1) is 19.8 Å². The Labute approximate surface area is 93.1 Å². The Morgan fingerprint density at radius 2 is 1.60 bits per heavy atom. The summed E-state index contributed by atoms with van der Waals surface area (Å²) in [5, 5.41) is 10.2. The highest BCUT2D eigenvalue weighted by Gasteiger charge is 2.25. The molecule has 0 aliphatic rings. The van der Waals surface area contributed by atoms with E-state index in [1.54, 1.807) is 0 Å². The van der Waals surface area contributed by atoms with Gasteiger partial charge in [-0.1, -0.05) is 43.2 Å². The average Bonchev–Trinajstić information content (AvgIpc) is 1.99. The molecule has 0 aromatic heterocycles. The molecule has 1 heteroatoms. The Morgan fingerprint density at radius 3 is 2.00 bits per heavy atom. The number of aliphatic hydroxyl groups is 1. The summed E-state index contributed by atoms with van der Waals surface area (Å²) in [6, 6.07) is 6.47. The molecule has 1 aromatic rings. The van der Waals surface area contributed by atoms with E-state index in [1.165, 1.54) is 16.7 Å². The summed E-state index contributed by atoms with van der Waals surface area (Å²) in [6.07, 6.45) is 0.729. The van der Waals surface area contributed by atoms with Gasteiger partial charge in [0.1, 0.15) is 0 Å². The molecule has 0 saturated carbocycles. The van der Waals surface area contributed by atoms with Crippen LogP contribution in [0.3, 0.4) is 0 Å². The fraction of sp³-hybridized carbons (Fsp3) is 0.571. The maximum absolute atomic E-state index is 10.2. The van der Waals surface area contributed by atoms with Gasteiger partial charge >= 0.3 is 0 Å². The van der Waals surface area contributed by atoms with Crippen molar-refractivity contribution in [3.05, 3.63) is 34.9 Å². The summed E-state index contributed by atoms with van der Waals surface area (Å²) in [6.45, 7) is 10.2. The molecule has 1 nitrogen and oxygen atoms in total. The van der Waals surface area contributed by atoms with Crippen molar-refractivity contribution in [3.63, 3.8) is 0 Å². The van der Waals surface area contributed by atoms with Gasteiger partial charge in [-0.15, -0.1) is 0 Å². The van der Waals surface area contributed by atoms with Gasteiger partial charge in [-0.25, -0.2) is 0 Å². The van der Waals surface area contributed by atoms with Gasteiger partial charge in [0.05, 0.1) is 5.60 Å². The van der Waals surface area contributed by atoms with Gasteiger partial charge in [-0.3, -0.25) is 0 Å². The van der Waals surface area contributed by atoms with Crippen LogP contribution < -0.4 is 0 Å². The van der Waals surface area contributed by atoms with Crippen molar-refractivity contribution in [1.29, 1.82) is 0 Å². The van der Waals surface area contributed by atoms with E-state index in [0.717, 1.165) is 6.42 Å². The van der Waals surface area contributed by atoms with Crippen LogP contribution in [-0.4, -0.2) is 10.7 Å². The van der Waals surface area contributed by atoms with Crippen molar-refractivity contribution in [1.82, 2.24) is 0 Å². The molecule has 0 amide bonds. The lowest BCUT2D eigenvalue weighted by Crippen LogP contribution is -2.33. The first-order valence-electron chi connectivity index (χ1n) is 5.61. The third-order valence-electron chi connectivity index (χ3n) is 3.09. The first-order valence-corrected chi connectivity index (χ1v) is 5.61. The topological polar surface area (TPSA) is 20.2 Å². The molecule has 0 aliphatic carbocycles. The molecule has 15 heavy (non-hydrogen) atoms. The highest BCUT2D eigenvalue weighted by atomic mass is 16.3.